The molecule has 2 rings (SSSR count). The van der Waals surface area contributed by atoms with Gasteiger partial charge in [0.05, 0.1) is 5.69 Å². The first-order valence-corrected chi connectivity index (χ1v) is 7.50. The van der Waals surface area contributed by atoms with Crippen molar-refractivity contribution in [2.24, 2.45) is 0 Å². The number of halogens is 14. The molecule has 174 valence electrons. The molecule has 2 nitrogen and oxygen atoms in total. The van der Waals surface area contributed by atoms with E-state index in [-0.39, 0.29) is 0 Å². The Hall–Kier alpha value is -2.55. The van der Waals surface area contributed by atoms with Gasteiger partial charge in [0.2, 0.25) is 0 Å². The first-order chi connectivity index (χ1) is 13.7. The molecule has 0 unspecified atom stereocenters. The van der Waals surface area contributed by atoms with E-state index in [0.717, 1.165) is 18.2 Å². The maximum Gasteiger partial charge on any atom is 0.437 e. The summed E-state index contributed by atoms with van der Waals surface area (Å²) in [6.07, 6.45) is -27.7. The molecule has 1 aromatic heterocycles. The van der Waals surface area contributed by atoms with Gasteiger partial charge in [-0.05, 0) is 18.2 Å². The zero-order chi connectivity index (χ0) is 24.3. The van der Waals surface area contributed by atoms with Gasteiger partial charge in [-0.1, -0.05) is 18.2 Å². The number of nitrogens with zero attached hydrogens (tertiary/aromatic N) is 2. The summed E-state index contributed by atoms with van der Waals surface area (Å²) in [5.74, 6) is 0. The van der Waals surface area contributed by atoms with E-state index >= 15 is 0 Å². The van der Waals surface area contributed by atoms with Gasteiger partial charge in [0, 0.05) is 0 Å². The summed E-state index contributed by atoms with van der Waals surface area (Å²) in [7, 11) is 0. The highest BCUT2D eigenvalue weighted by Crippen LogP contribution is 2.57. The van der Waals surface area contributed by atoms with Crippen molar-refractivity contribution in [2.45, 2.75) is 36.0 Å². The first-order valence-electron chi connectivity index (χ1n) is 7.50. The van der Waals surface area contributed by atoms with Crippen LogP contribution < -0.4 is 0 Å². The molecule has 0 amide bonds. The molecule has 0 aliphatic carbocycles. The monoisotopic (exact) mass is 480 g/mol. The van der Waals surface area contributed by atoms with E-state index in [1.807, 2.05) is 0 Å². The molecule has 1 heterocycles. The number of aromatic nitrogens is 2. The van der Waals surface area contributed by atoms with Gasteiger partial charge >= 0.3 is 36.0 Å². The Bertz CT molecular complexity index is 888. The fraction of sp³-hybridized carbons (Fsp3) is 0.400. The third-order valence-corrected chi connectivity index (χ3v) is 3.98. The average Bonchev–Trinajstić information content (AvgIpc) is 3.02. The number of para-hydroxylation sites is 1. The summed E-state index contributed by atoms with van der Waals surface area (Å²) < 4.78 is 184. The third kappa shape index (κ3) is 3.69. The average molecular weight is 480 g/mol. The summed E-state index contributed by atoms with van der Waals surface area (Å²) in [5, 5.41) is 2.34. The van der Waals surface area contributed by atoms with Crippen LogP contribution in [0.3, 0.4) is 0 Å². The highest BCUT2D eigenvalue weighted by Gasteiger charge is 2.78. The van der Waals surface area contributed by atoms with Gasteiger partial charge in [-0.25, -0.2) is 13.5 Å². The number of hydrogen-bond donors (Lipinski definition) is 0. The Morgan fingerprint density at radius 2 is 0.935 bits per heavy atom. The van der Waals surface area contributed by atoms with E-state index in [1.165, 1.54) is 0 Å². The molecule has 0 N–H and O–H groups in total. The number of hydrogen-bond acceptors (Lipinski definition) is 1. The normalized spacial score (nSPS) is 14.8. The quantitative estimate of drug-likeness (QED) is 0.462. The predicted molar refractivity (Wildman–Crippen MR) is 73.4 cm³/mol. The SMILES string of the molecule is FC(F)(F)C(F)(c1cc(C(F)(C(F)(F)F)C(F)(F)F)n(-c2ccccc2)n1)C(F)(F)F. The topological polar surface area (TPSA) is 17.8 Å². The maximum atomic E-state index is 14.5. The van der Waals surface area contributed by atoms with Crippen molar-refractivity contribution < 1.29 is 61.5 Å². The highest BCUT2D eigenvalue weighted by atomic mass is 19.4. The molecule has 16 heteroatoms. The van der Waals surface area contributed by atoms with Crippen molar-refractivity contribution in [1.82, 2.24) is 9.78 Å². The van der Waals surface area contributed by atoms with Crippen LogP contribution in [-0.2, 0) is 11.3 Å². The molecule has 0 spiro atoms. The van der Waals surface area contributed by atoms with Crippen molar-refractivity contribution >= 4 is 0 Å². The Balaban J connectivity index is 3.02. The summed E-state index contributed by atoms with van der Waals surface area (Å²) in [4.78, 5) is 0. The van der Waals surface area contributed by atoms with Crippen LogP contribution in [-0.4, -0.2) is 34.5 Å². The third-order valence-electron chi connectivity index (χ3n) is 3.98. The van der Waals surface area contributed by atoms with Crippen LogP contribution in [0.25, 0.3) is 5.69 Å². The molecule has 0 aliphatic rings. The zero-order valence-corrected chi connectivity index (χ0v) is 14.2. The predicted octanol–water partition coefficient (Wildman–Crippen LogP) is 6.45. The van der Waals surface area contributed by atoms with Gasteiger partial charge in [0.1, 0.15) is 11.4 Å². The van der Waals surface area contributed by atoms with Crippen molar-refractivity contribution in [3.63, 3.8) is 0 Å². The molecule has 0 saturated carbocycles. The van der Waals surface area contributed by atoms with Gasteiger partial charge in [0.25, 0.3) is 0 Å². The molecule has 1 aromatic carbocycles. The van der Waals surface area contributed by atoms with E-state index < -0.39 is 63.9 Å². The zero-order valence-electron chi connectivity index (χ0n) is 14.2. The maximum absolute atomic E-state index is 14.5. The summed E-state index contributed by atoms with van der Waals surface area (Å²) in [6.45, 7) is 0. The minimum atomic E-state index is -6.93. The van der Waals surface area contributed by atoms with Crippen LogP contribution in [0.2, 0.25) is 0 Å². The number of alkyl halides is 14. The molecule has 2 aromatic rings. The highest BCUT2D eigenvalue weighted by molar-refractivity contribution is 5.38. The van der Waals surface area contributed by atoms with Crippen LogP contribution in [0.5, 0.6) is 0 Å². The fourth-order valence-corrected chi connectivity index (χ4v) is 2.46. The second-order valence-corrected chi connectivity index (χ2v) is 5.97. The summed E-state index contributed by atoms with van der Waals surface area (Å²) in [5.41, 5.74) is -19.8. The summed E-state index contributed by atoms with van der Waals surface area (Å²) in [6, 6.07) is 2.86. The molecule has 0 fully saturated rings. The second-order valence-electron chi connectivity index (χ2n) is 5.97. The van der Waals surface area contributed by atoms with Crippen molar-refractivity contribution in [1.29, 1.82) is 0 Å². The number of rotatable bonds is 3. The lowest BCUT2D eigenvalue weighted by Gasteiger charge is -2.30. The minimum absolute atomic E-state index is 0.592. The lowest BCUT2D eigenvalue weighted by molar-refractivity contribution is -0.350. The van der Waals surface area contributed by atoms with Gasteiger partial charge in [-0.2, -0.15) is 57.8 Å². The standard InChI is InChI=1S/C15H6F14N2/c16-10(12(18,19)20,13(21,22)23)8-6-9(11(17,14(24,25)26)15(27,28)29)31(30-8)7-4-2-1-3-5-7/h1-6H. The molecular formula is C15H6F14N2. The Labute approximate surface area is 162 Å². The smallest absolute Gasteiger partial charge is 0.233 e. The van der Waals surface area contributed by atoms with Crippen molar-refractivity contribution in [2.75, 3.05) is 0 Å². The first kappa shape index (κ1) is 24.7. The van der Waals surface area contributed by atoms with Gasteiger partial charge < -0.3 is 0 Å². The lowest BCUT2D eigenvalue weighted by atomic mass is 9.95. The summed E-state index contributed by atoms with van der Waals surface area (Å²) >= 11 is 0. The molecule has 0 bridgehead atoms. The molecule has 31 heavy (non-hydrogen) atoms. The van der Waals surface area contributed by atoms with E-state index in [0.29, 0.717) is 12.1 Å². The number of benzene rings is 1. The second kappa shape index (κ2) is 6.98. The Kier molecular flexibility index (Phi) is 5.57. The van der Waals surface area contributed by atoms with Crippen LogP contribution in [0.4, 0.5) is 61.5 Å². The Morgan fingerprint density at radius 1 is 0.548 bits per heavy atom. The van der Waals surface area contributed by atoms with E-state index in [2.05, 4.69) is 5.10 Å². The lowest BCUT2D eigenvalue weighted by Crippen LogP contribution is -2.51. The Morgan fingerprint density at radius 3 is 1.29 bits per heavy atom. The fourth-order valence-electron chi connectivity index (χ4n) is 2.46. The largest absolute Gasteiger partial charge is 0.437 e. The van der Waals surface area contributed by atoms with Gasteiger partial charge in [-0.3, -0.25) is 0 Å². The van der Waals surface area contributed by atoms with E-state index in [4.69, 9.17) is 0 Å². The molecule has 0 aliphatic heterocycles. The molecular weight excluding hydrogens is 474 g/mol. The van der Waals surface area contributed by atoms with Gasteiger partial charge in [-0.15, -0.1) is 0 Å². The van der Waals surface area contributed by atoms with Crippen LogP contribution in [0.1, 0.15) is 11.4 Å². The molecule has 0 atom stereocenters. The van der Waals surface area contributed by atoms with Crippen molar-refractivity contribution in [3.8, 4) is 5.69 Å². The van der Waals surface area contributed by atoms with Crippen LogP contribution in [0, 0.1) is 0 Å². The van der Waals surface area contributed by atoms with Crippen LogP contribution >= 0.6 is 0 Å². The van der Waals surface area contributed by atoms with E-state index in [9.17, 15) is 61.5 Å². The molecule has 0 saturated heterocycles. The molecule has 0 radical (unpaired) electrons. The van der Waals surface area contributed by atoms with Crippen molar-refractivity contribution in [3.05, 3.63) is 47.8 Å². The minimum Gasteiger partial charge on any atom is -0.233 e. The van der Waals surface area contributed by atoms with E-state index in [1.54, 1.807) is 0 Å². The van der Waals surface area contributed by atoms with Gasteiger partial charge in [0.15, 0.2) is 0 Å². The van der Waals surface area contributed by atoms with Crippen LogP contribution in [0.15, 0.2) is 36.4 Å².